The Labute approximate surface area is 158 Å². The molecule has 27 heavy (non-hydrogen) atoms. The maximum Gasteiger partial charge on any atom is 0.206 e. The maximum atomic E-state index is 7.10. The van der Waals surface area contributed by atoms with Crippen molar-refractivity contribution in [1.82, 2.24) is 19.9 Å². The van der Waals surface area contributed by atoms with E-state index in [4.69, 9.17) is 11.6 Å². The zero-order chi connectivity index (χ0) is 18.2. The molecule has 1 aromatic carbocycles. The predicted molar refractivity (Wildman–Crippen MR) is 106 cm³/mol. The third-order valence-corrected chi connectivity index (χ3v) is 5.85. The molecular formula is C21H22N6. The number of hydrogen-bond donors (Lipinski definition) is 1. The van der Waals surface area contributed by atoms with Crippen LogP contribution < -0.4 is 10.2 Å². The Balaban J connectivity index is 1.51. The van der Waals surface area contributed by atoms with Gasteiger partial charge in [0.25, 0.3) is 0 Å². The van der Waals surface area contributed by atoms with Crippen LogP contribution in [0.1, 0.15) is 18.5 Å². The summed E-state index contributed by atoms with van der Waals surface area (Å²) in [6.45, 7) is 11.0. The SMILES string of the molecule is [C-]#[N+]c1ccc(Cn2c(N3CCC4CCN[C@H]4C3)nc3ccccc32)nc1. The highest BCUT2D eigenvalue weighted by molar-refractivity contribution is 5.79. The van der Waals surface area contributed by atoms with Crippen LogP contribution in [0.2, 0.25) is 0 Å². The highest BCUT2D eigenvalue weighted by Gasteiger charge is 2.34. The van der Waals surface area contributed by atoms with Gasteiger partial charge in [0.05, 0.1) is 29.8 Å². The molecule has 2 fully saturated rings. The monoisotopic (exact) mass is 358 g/mol. The fourth-order valence-corrected chi connectivity index (χ4v) is 4.41. The van der Waals surface area contributed by atoms with Crippen molar-refractivity contribution in [3.63, 3.8) is 0 Å². The largest absolute Gasteiger partial charge is 0.341 e. The number of pyridine rings is 1. The van der Waals surface area contributed by atoms with Crippen LogP contribution in [0.5, 0.6) is 0 Å². The first-order valence-corrected chi connectivity index (χ1v) is 9.58. The normalized spacial score (nSPS) is 22.0. The zero-order valence-electron chi connectivity index (χ0n) is 15.2. The van der Waals surface area contributed by atoms with Crippen LogP contribution in [0.3, 0.4) is 0 Å². The van der Waals surface area contributed by atoms with E-state index in [1.807, 2.05) is 18.2 Å². The Morgan fingerprint density at radius 3 is 2.96 bits per heavy atom. The fraction of sp³-hybridized carbons (Fsp3) is 0.381. The molecule has 1 unspecified atom stereocenters. The van der Waals surface area contributed by atoms with E-state index < -0.39 is 0 Å². The predicted octanol–water partition coefficient (Wildman–Crippen LogP) is 3.22. The number of nitrogens with zero attached hydrogens (tertiary/aromatic N) is 5. The quantitative estimate of drug-likeness (QED) is 0.731. The van der Waals surface area contributed by atoms with Crippen LogP contribution in [0.4, 0.5) is 11.6 Å². The lowest BCUT2D eigenvalue weighted by Crippen LogP contribution is -2.47. The lowest BCUT2D eigenvalue weighted by Gasteiger charge is -2.35. The number of aromatic nitrogens is 3. The van der Waals surface area contributed by atoms with E-state index in [1.54, 1.807) is 6.20 Å². The second-order valence-electron chi connectivity index (χ2n) is 7.45. The number of rotatable bonds is 3. The van der Waals surface area contributed by atoms with Crippen LogP contribution in [-0.2, 0) is 6.54 Å². The number of nitrogens with one attached hydrogen (secondary N) is 1. The van der Waals surface area contributed by atoms with Crippen LogP contribution >= 0.6 is 0 Å². The second kappa shape index (κ2) is 6.67. The molecule has 0 bridgehead atoms. The first-order chi connectivity index (χ1) is 13.3. The maximum absolute atomic E-state index is 7.10. The van der Waals surface area contributed by atoms with E-state index in [-0.39, 0.29) is 0 Å². The van der Waals surface area contributed by atoms with Gasteiger partial charge in [-0.3, -0.25) is 4.98 Å². The Morgan fingerprint density at radius 2 is 2.11 bits per heavy atom. The number of imidazole rings is 1. The van der Waals surface area contributed by atoms with Crippen LogP contribution in [0.15, 0.2) is 42.6 Å². The minimum Gasteiger partial charge on any atom is -0.341 e. The minimum atomic E-state index is 0.572. The molecule has 5 rings (SSSR count). The summed E-state index contributed by atoms with van der Waals surface area (Å²) in [7, 11) is 0. The standard InChI is InChI=1S/C21H22N6/c1-22-16-6-7-17(24-12-16)13-27-20-5-3-2-4-18(20)25-21(27)26-11-9-15-8-10-23-19(15)14-26/h2-7,12,15,19,23H,8-11,13-14H2/t15?,19-/m0/s1. The number of fused-ring (bicyclic) bond motifs is 2. The molecule has 0 aliphatic carbocycles. The van der Waals surface area contributed by atoms with E-state index in [0.29, 0.717) is 18.3 Å². The van der Waals surface area contributed by atoms with Gasteiger partial charge in [0.15, 0.2) is 0 Å². The molecule has 0 saturated carbocycles. The van der Waals surface area contributed by atoms with Crippen molar-refractivity contribution in [1.29, 1.82) is 0 Å². The number of anilines is 1. The van der Waals surface area contributed by atoms with Gasteiger partial charge in [-0.1, -0.05) is 18.2 Å². The summed E-state index contributed by atoms with van der Waals surface area (Å²) in [5.74, 6) is 1.83. The molecule has 2 atom stereocenters. The molecule has 0 spiro atoms. The van der Waals surface area contributed by atoms with Crippen LogP contribution in [-0.4, -0.2) is 40.2 Å². The van der Waals surface area contributed by atoms with Crippen LogP contribution in [0.25, 0.3) is 15.9 Å². The zero-order valence-corrected chi connectivity index (χ0v) is 15.2. The van der Waals surface area contributed by atoms with Gasteiger partial charge < -0.3 is 14.8 Å². The molecule has 6 nitrogen and oxygen atoms in total. The van der Waals surface area contributed by atoms with Crippen molar-refractivity contribution >= 4 is 22.7 Å². The number of piperidine rings is 1. The van der Waals surface area contributed by atoms with E-state index in [9.17, 15) is 0 Å². The average Bonchev–Trinajstić information content (AvgIpc) is 3.33. The van der Waals surface area contributed by atoms with E-state index >= 15 is 0 Å². The Bertz CT molecular complexity index is 1000. The second-order valence-corrected chi connectivity index (χ2v) is 7.45. The number of benzene rings is 1. The van der Waals surface area contributed by atoms with E-state index in [2.05, 4.69) is 42.8 Å². The Hall–Kier alpha value is -2.91. The first kappa shape index (κ1) is 16.3. The molecule has 2 aliphatic rings. The van der Waals surface area contributed by atoms with Crippen molar-refractivity contribution in [2.75, 3.05) is 24.5 Å². The molecule has 1 N–H and O–H groups in total. The summed E-state index contributed by atoms with van der Waals surface area (Å²) in [5, 5.41) is 3.65. The summed E-state index contributed by atoms with van der Waals surface area (Å²) in [5.41, 5.74) is 3.67. The fourth-order valence-electron chi connectivity index (χ4n) is 4.41. The highest BCUT2D eigenvalue weighted by atomic mass is 15.3. The van der Waals surface area contributed by atoms with Crippen molar-refractivity contribution < 1.29 is 0 Å². The lowest BCUT2D eigenvalue weighted by atomic mass is 9.93. The van der Waals surface area contributed by atoms with Gasteiger partial charge in [-0.15, -0.1) is 0 Å². The molecule has 2 saturated heterocycles. The molecule has 136 valence electrons. The Morgan fingerprint density at radius 1 is 1.19 bits per heavy atom. The van der Waals surface area contributed by atoms with Crippen molar-refractivity contribution in [3.8, 4) is 0 Å². The van der Waals surface area contributed by atoms with Gasteiger partial charge in [-0.25, -0.2) is 9.83 Å². The first-order valence-electron chi connectivity index (χ1n) is 9.58. The molecule has 0 amide bonds. The summed E-state index contributed by atoms with van der Waals surface area (Å²) < 4.78 is 2.27. The molecular weight excluding hydrogens is 336 g/mol. The van der Waals surface area contributed by atoms with Gasteiger partial charge >= 0.3 is 0 Å². The van der Waals surface area contributed by atoms with Crippen LogP contribution in [0, 0.1) is 12.5 Å². The molecule has 0 radical (unpaired) electrons. The molecule has 6 heteroatoms. The Kier molecular flexibility index (Phi) is 4.02. The molecule has 4 heterocycles. The topological polar surface area (TPSA) is 50.3 Å². The third kappa shape index (κ3) is 2.94. The summed E-state index contributed by atoms with van der Waals surface area (Å²) >= 11 is 0. The summed E-state index contributed by atoms with van der Waals surface area (Å²) in [4.78, 5) is 15.3. The molecule has 3 aromatic rings. The van der Waals surface area contributed by atoms with Gasteiger partial charge in [-0.05, 0) is 43.5 Å². The van der Waals surface area contributed by atoms with Gasteiger partial charge in [-0.2, -0.15) is 0 Å². The van der Waals surface area contributed by atoms with Gasteiger partial charge in [0.1, 0.15) is 0 Å². The lowest BCUT2D eigenvalue weighted by molar-refractivity contribution is 0.369. The number of hydrogen-bond acceptors (Lipinski definition) is 4. The average molecular weight is 358 g/mol. The minimum absolute atomic E-state index is 0.572. The number of para-hydroxylation sites is 2. The van der Waals surface area contributed by atoms with Crippen molar-refractivity contribution in [2.24, 2.45) is 5.92 Å². The molecule has 2 aromatic heterocycles. The highest BCUT2D eigenvalue weighted by Crippen LogP contribution is 2.30. The molecule has 2 aliphatic heterocycles. The summed E-state index contributed by atoms with van der Waals surface area (Å²) in [6, 6.07) is 12.6. The van der Waals surface area contributed by atoms with Crippen molar-refractivity contribution in [3.05, 3.63) is 59.7 Å². The van der Waals surface area contributed by atoms with Gasteiger partial charge in [0.2, 0.25) is 11.6 Å². The van der Waals surface area contributed by atoms with E-state index in [1.165, 1.54) is 12.8 Å². The third-order valence-electron chi connectivity index (χ3n) is 5.85. The van der Waals surface area contributed by atoms with Crippen molar-refractivity contribution in [2.45, 2.75) is 25.4 Å². The smallest absolute Gasteiger partial charge is 0.206 e. The van der Waals surface area contributed by atoms with E-state index in [0.717, 1.165) is 48.2 Å². The summed E-state index contributed by atoms with van der Waals surface area (Å²) in [6.07, 6.45) is 4.17. The van der Waals surface area contributed by atoms with Gasteiger partial charge in [0, 0.05) is 25.3 Å².